The highest BCUT2D eigenvalue weighted by atomic mass is 79.9. The summed E-state index contributed by atoms with van der Waals surface area (Å²) in [7, 11) is -2.84. The Labute approximate surface area is 166 Å². The van der Waals surface area contributed by atoms with E-state index in [1.54, 1.807) is 0 Å². The first-order valence-electron chi connectivity index (χ1n) is 8.37. The van der Waals surface area contributed by atoms with E-state index in [4.69, 9.17) is 9.16 Å². The fourth-order valence-corrected chi connectivity index (χ4v) is 4.59. The number of halogens is 2. The van der Waals surface area contributed by atoms with Crippen molar-refractivity contribution < 1.29 is 9.16 Å². The molecule has 4 nitrogen and oxygen atoms in total. The first-order chi connectivity index (χ1) is 10.7. The second kappa shape index (κ2) is 8.48. The van der Waals surface area contributed by atoms with Crippen molar-refractivity contribution in [3.63, 3.8) is 0 Å². The molecular weight excluding hydrogens is 468 g/mol. The Bertz CT molecular complexity index is 549. The third kappa shape index (κ3) is 6.68. The van der Waals surface area contributed by atoms with E-state index in [2.05, 4.69) is 90.5 Å². The van der Waals surface area contributed by atoms with Gasteiger partial charge in [0.15, 0.2) is 8.32 Å². The van der Waals surface area contributed by atoms with E-state index in [0.29, 0.717) is 13.3 Å². The van der Waals surface area contributed by atoms with Gasteiger partial charge in [0.25, 0.3) is 0 Å². The fourth-order valence-electron chi connectivity index (χ4n) is 1.65. The van der Waals surface area contributed by atoms with Crippen LogP contribution in [0.4, 0.5) is 0 Å². The normalized spacial score (nSPS) is 13.6. The summed E-state index contributed by atoms with van der Waals surface area (Å²) in [6.07, 6.45) is 0. The Kier molecular flexibility index (Phi) is 7.97. The van der Waals surface area contributed by atoms with Gasteiger partial charge in [-0.05, 0) is 56.0 Å². The third-order valence-corrected chi connectivity index (χ3v) is 12.2. The standard InChI is InChI=1S/C16H32Br2N2O2Si2/c1-16(2,3)24(7,8)22-11-13-14(17)19-20(15(13)18)12-21-9-10-23(4,5)6/h9-12H2,1-8H3. The second-order valence-corrected chi connectivity index (χ2v) is 20.9. The average molecular weight is 500 g/mol. The van der Waals surface area contributed by atoms with E-state index in [1.807, 2.05) is 4.68 Å². The molecule has 0 bridgehead atoms. The zero-order chi connectivity index (χ0) is 18.8. The molecule has 0 N–H and O–H groups in total. The number of aromatic nitrogens is 2. The number of hydrogen-bond donors (Lipinski definition) is 0. The Morgan fingerprint density at radius 3 is 2.17 bits per heavy atom. The maximum Gasteiger partial charge on any atom is 0.192 e. The van der Waals surface area contributed by atoms with E-state index >= 15 is 0 Å². The molecule has 0 saturated carbocycles. The van der Waals surface area contributed by atoms with E-state index in [1.165, 1.54) is 0 Å². The van der Waals surface area contributed by atoms with Gasteiger partial charge >= 0.3 is 0 Å². The predicted molar refractivity (Wildman–Crippen MR) is 114 cm³/mol. The van der Waals surface area contributed by atoms with Crippen LogP contribution in [0.5, 0.6) is 0 Å². The smallest absolute Gasteiger partial charge is 0.192 e. The fraction of sp³-hybridized carbons (Fsp3) is 0.812. The van der Waals surface area contributed by atoms with Gasteiger partial charge in [0.2, 0.25) is 0 Å². The molecule has 0 aliphatic carbocycles. The van der Waals surface area contributed by atoms with E-state index < -0.39 is 16.4 Å². The van der Waals surface area contributed by atoms with Crippen LogP contribution in [-0.4, -0.2) is 32.8 Å². The zero-order valence-electron chi connectivity index (χ0n) is 16.3. The molecule has 140 valence electrons. The predicted octanol–water partition coefficient (Wildman–Crippen LogP) is 6.24. The molecule has 24 heavy (non-hydrogen) atoms. The molecule has 0 saturated heterocycles. The highest BCUT2D eigenvalue weighted by Crippen LogP contribution is 2.38. The summed E-state index contributed by atoms with van der Waals surface area (Å²) < 4.78 is 15.7. The average Bonchev–Trinajstić information content (AvgIpc) is 2.65. The molecule has 0 aromatic carbocycles. The summed E-state index contributed by atoms with van der Waals surface area (Å²) in [5.41, 5.74) is 1.05. The minimum absolute atomic E-state index is 0.196. The van der Waals surface area contributed by atoms with Crippen molar-refractivity contribution >= 4 is 48.3 Å². The first-order valence-corrected chi connectivity index (χ1v) is 16.6. The molecule has 1 heterocycles. The van der Waals surface area contributed by atoms with E-state index in [-0.39, 0.29) is 5.04 Å². The van der Waals surface area contributed by atoms with Crippen LogP contribution in [0.2, 0.25) is 43.8 Å². The molecule has 8 heteroatoms. The van der Waals surface area contributed by atoms with E-state index in [0.717, 1.165) is 27.4 Å². The van der Waals surface area contributed by atoms with Crippen LogP contribution in [0.15, 0.2) is 9.21 Å². The number of hydrogen-bond acceptors (Lipinski definition) is 3. The van der Waals surface area contributed by atoms with Gasteiger partial charge in [0.1, 0.15) is 15.9 Å². The lowest BCUT2D eigenvalue weighted by atomic mass is 10.2. The molecule has 0 aliphatic rings. The van der Waals surface area contributed by atoms with Crippen LogP contribution in [0.3, 0.4) is 0 Å². The molecule has 0 unspecified atom stereocenters. The van der Waals surface area contributed by atoms with Gasteiger partial charge in [0, 0.05) is 20.2 Å². The van der Waals surface area contributed by atoms with E-state index in [9.17, 15) is 0 Å². The number of rotatable bonds is 8. The minimum atomic E-state index is -1.78. The molecule has 0 radical (unpaired) electrons. The van der Waals surface area contributed by atoms with Crippen molar-refractivity contribution in [3.8, 4) is 0 Å². The summed E-state index contributed by atoms with van der Waals surface area (Å²) in [6.45, 7) is 20.1. The highest BCUT2D eigenvalue weighted by Gasteiger charge is 2.37. The Hall–Kier alpha value is 0.524. The molecule has 0 amide bonds. The van der Waals surface area contributed by atoms with Gasteiger partial charge in [-0.15, -0.1) is 0 Å². The van der Waals surface area contributed by atoms with Gasteiger partial charge in [-0.1, -0.05) is 40.4 Å². The zero-order valence-corrected chi connectivity index (χ0v) is 21.5. The van der Waals surface area contributed by atoms with Crippen LogP contribution in [0.1, 0.15) is 26.3 Å². The maximum absolute atomic E-state index is 6.32. The summed E-state index contributed by atoms with van der Waals surface area (Å²) in [6, 6.07) is 1.16. The van der Waals surface area contributed by atoms with Crippen molar-refractivity contribution in [2.75, 3.05) is 6.61 Å². The van der Waals surface area contributed by atoms with Crippen molar-refractivity contribution in [2.24, 2.45) is 0 Å². The SMILES string of the molecule is CC(C)(C)[Si](C)(C)OCc1c(Br)nn(COCC[Si](C)(C)C)c1Br. The highest BCUT2D eigenvalue weighted by molar-refractivity contribution is 9.11. The molecule has 0 fully saturated rings. The van der Waals surface area contributed by atoms with Crippen LogP contribution in [-0.2, 0) is 22.5 Å². The van der Waals surface area contributed by atoms with Crippen LogP contribution < -0.4 is 0 Å². The van der Waals surface area contributed by atoms with Crippen molar-refractivity contribution in [1.82, 2.24) is 9.78 Å². The maximum atomic E-state index is 6.32. The lowest BCUT2D eigenvalue weighted by Crippen LogP contribution is -2.40. The molecule has 0 atom stereocenters. The summed E-state index contributed by atoms with van der Waals surface area (Å²) in [5.74, 6) is 0. The second-order valence-electron chi connectivity index (χ2n) is 8.96. The van der Waals surface area contributed by atoms with Gasteiger partial charge in [0.05, 0.1) is 6.61 Å². The quantitative estimate of drug-likeness (QED) is 0.313. The minimum Gasteiger partial charge on any atom is -0.412 e. The van der Waals surface area contributed by atoms with Crippen molar-refractivity contribution in [1.29, 1.82) is 0 Å². The monoisotopic (exact) mass is 498 g/mol. The van der Waals surface area contributed by atoms with Crippen molar-refractivity contribution in [3.05, 3.63) is 14.8 Å². The lowest BCUT2D eigenvalue weighted by molar-refractivity contribution is 0.0766. The van der Waals surface area contributed by atoms with Gasteiger partial charge in [-0.2, -0.15) is 5.10 Å². The molecular formula is C16H32Br2N2O2Si2. The third-order valence-electron chi connectivity index (χ3n) is 4.53. The largest absolute Gasteiger partial charge is 0.412 e. The molecule has 1 aromatic rings. The number of ether oxygens (including phenoxy) is 1. The lowest BCUT2D eigenvalue weighted by Gasteiger charge is -2.36. The topological polar surface area (TPSA) is 36.3 Å². The summed E-state index contributed by atoms with van der Waals surface area (Å²) in [4.78, 5) is 0. The van der Waals surface area contributed by atoms with Gasteiger partial charge in [-0.25, -0.2) is 4.68 Å². The van der Waals surface area contributed by atoms with Gasteiger partial charge < -0.3 is 9.16 Å². The van der Waals surface area contributed by atoms with Crippen LogP contribution in [0.25, 0.3) is 0 Å². The van der Waals surface area contributed by atoms with Crippen molar-refractivity contribution in [2.45, 2.75) is 77.9 Å². The first kappa shape index (κ1) is 22.6. The Morgan fingerprint density at radius 1 is 1.08 bits per heavy atom. The molecule has 1 rings (SSSR count). The number of nitrogens with zero attached hydrogens (tertiary/aromatic N) is 2. The summed E-state index contributed by atoms with van der Waals surface area (Å²) in [5, 5.41) is 4.71. The Balaban J connectivity index is 2.67. The molecule has 0 spiro atoms. The Morgan fingerprint density at radius 2 is 1.67 bits per heavy atom. The molecule has 1 aromatic heterocycles. The molecule has 0 aliphatic heterocycles. The van der Waals surface area contributed by atoms with Crippen LogP contribution in [0, 0.1) is 0 Å². The summed E-state index contributed by atoms with van der Waals surface area (Å²) >= 11 is 7.20. The van der Waals surface area contributed by atoms with Crippen LogP contribution >= 0.6 is 31.9 Å². The van der Waals surface area contributed by atoms with Gasteiger partial charge in [-0.3, -0.25) is 0 Å².